The van der Waals surface area contributed by atoms with Gasteiger partial charge in [-0.3, -0.25) is 0 Å². The Bertz CT molecular complexity index is 4130. The Morgan fingerprint density at radius 2 is 1.02 bits per heavy atom. The Morgan fingerprint density at radius 1 is 0.350 bits per heavy atom. The highest BCUT2D eigenvalue weighted by molar-refractivity contribution is 6.12. The molecule has 0 amide bonds. The fourth-order valence-corrected chi connectivity index (χ4v) is 8.57. The highest BCUT2D eigenvalue weighted by Crippen LogP contribution is 2.44. The van der Waals surface area contributed by atoms with Gasteiger partial charge < -0.3 is 9.32 Å². The van der Waals surface area contributed by atoms with Gasteiger partial charge in [0.05, 0.1) is 12.3 Å². The van der Waals surface area contributed by atoms with Gasteiger partial charge >= 0.3 is 0 Å². The predicted octanol–water partition coefficient (Wildman–Crippen LogP) is 16.7. The highest BCUT2D eigenvalue weighted by atomic mass is 16.3. The summed E-state index contributed by atoms with van der Waals surface area (Å²) in [4.78, 5) is 2.19. The molecule has 0 bridgehead atoms. The fourth-order valence-electron chi connectivity index (χ4n) is 8.57. The van der Waals surface area contributed by atoms with Crippen molar-refractivity contribution in [2.24, 2.45) is 0 Å². The molecule has 60 heavy (non-hydrogen) atoms. The molecular weight excluding hydrogens is 727 g/mol. The molecule has 1 heterocycles. The number of anilines is 3. The number of para-hydroxylation sites is 2. The predicted molar refractivity (Wildman–Crippen MR) is 255 cm³/mol. The fraction of sp³-hybridized carbons (Fsp3) is 0. The third kappa shape index (κ3) is 5.73. The summed E-state index contributed by atoms with van der Waals surface area (Å²) in [7, 11) is 0. The van der Waals surface area contributed by atoms with E-state index >= 15 is 0 Å². The van der Waals surface area contributed by atoms with Gasteiger partial charge in [-0.2, -0.15) is 0 Å². The zero-order valence-electron chi connectivity index (χ0n) is 41.0. The Hall–Kier alpha value is -7.94. The molecule has 2 heteroatoms. The zero-order chi connectivity index (χ0) is 47.4. The second-order valence-electron chi connectivity index (χ2n) is 15.0. The maximum atomic E-state index is 9.59. The van der Waals surface area contributed by atoms with Gasteiger partial charge in [0, 0.05) is 33.4 Å². The molecule has 1 aromatic heterocycles. The lowest BCUT2D eigenvalue weighted by atomic mass is 9.95. The van der Waals surface area contributed by atoms with Crippen LogP contribution < -0.4 is 4.90 Å². The average molecular weight is 773 g/mol. The molecule has 0 unspecified atom stereocenters. The molecule has 2 nitrogen and oxygen atoms in total. The van der Waals surface area contributed by atoms with E-state index in [0.717, 1.165) is 82.8 Å². The number of benzene rings is 11. The van der Waals surface area contributed by atoms with E-state index in [1.165, 1.54) is 0 Å². The summed E-state index contributed by atoms with van der Waals surface area (Å²) in [5, 5.41) is 5.90. The molecule has 0 spiro atoms. The number of fused-ring (bicyclic) bond motifs is 9. The lowest BCUT2D eigenvalue weighted by Crippen LogP contribution is -2.10. The summed E-state index contributed by atoms with van der Waals surface area (Å²) in [5.74, 6) is 0. The Kier molecular flexibility index (Phi) is 6.04. The largest absolute Gasteiger partial charge is 0.455 e. The van der Waals surface area contributed by atoms with Crippen LogP contribution in [0.5, 0.6) is 0 Å². The molecule has 12 rings (SSSR count). The molecule has 0 radical (unpaired) electrons. The zero-order valence-corrected chi connectivity index (χ0v) is 32.0. The minimum Gasteiger partial charge on any atom is -0.455 e. The molecule has 280 valence electrons. The molecule has 0 atom stereocenters. The lowest BCUT2D eigenvalue weighted by molar-refractivity contribution is 0.670. The second-order valence-corrected chi connectivity index (χ2v) is 15.0. The molecule has 0 saturated carbocycles. The molecule has 0 aliphatic heterocycles. The molecule has 11 aromatic carbocycles. The monoisotopic (exact) mass is 772 g/mol. The van der Waals surface area contributed by atoms with Crippen LogP contribution in [0.3, 0.4) is 0 Å². The summed E-state index contributed by atoms with van der Waals surface area (Å²) in [6.07, 6.45) is 0. The van der Waals surface area contributed by atoms with Gasteiger partial charge in [0.15, 0.2) is 0 Å². The van der Waals surface area contributed by atoms with Crippen molar-refractivity contribution in [2.75, 3.05) is 4.90 Å². The first-order valence-electron chi connectivity index (χ1n) is 24.3. The third-order valence-electron chi connectivity index (χ3n) is 11.5. The molecule has 0 aliphatic rings. The van der Waals surface area contributed by atoms with Crippen LogP contribution >= 0.6 is 0 Å². The highest BCUT2D eigenvalue weighted by Gasteiger charge is 2.19. The van der Waals surface area contributed by atoms with Crippen LogP contribution in [0.2, 0.25) is 0 Å². The van der Waals surface area contributed by atoms with Crippen molar-refractivity contribution in [3.05, 3.63) is 224 Å². The summed E-state index contributed by atoms with van der Waals surface area (Å²) < 4.78 is 86.5. The lowest BCUT2D eigenvalue weighted by Gasteiger charge is -2.27. The van der Waals surface area contributed by atoms with Crippen molar-refractivity contribution in [1.82, 2.24) is 0 Å². The number of hydrogen-bond acceptors (Lipinski definition) is 2. The van der Waals surface area contributed by atoms with Crippen LogP contribution in [-0.4, -0.2) is 0 Å². The van der Waals surface area contributed by atoms with Crippen molar-refractivity contribution in [3.63, 3.8) is 0 Å². The second kappa shape index (κ2) is 13.9. The van der Waals surface area contributed by atoms with Crippen LogP contribution in [-0.2, 0) is 0 Å². The number of nitrogens with zero attached hydrogens (tertiary/aromatic N) is 1. The molecule has 0 saturated heterocycles. The van der Waals surface area contributed by atoms with E-state index in [9.17, 15) is 2.74 Å². The summed E-state index contributed by atoms with van der Waals surface area (Å²) in [5.41, 5.74) is 8.45. The van der Waals surface area contributed by atoms with Crippen LogP contribution in [0.4, 0.5) is 17.1 Å². The number of furan rings is 1. The molecule has 0 aliphatic carbocycles. The Labute approximate surface area is 360 Å². The average Bonchev–Trinajstić information content (AvgIpc) is 3.77. The normalized spacial score (nSPS) is 13.8. The van der Waals surface area contributed by atoms with Gasteiger partial charge in [-0.05, 0) is 125 Å². The van der Waals surface area contributed by atoms with Crippen LogP contribution in [0.1, 0.15) is 12.3 Å². The minimum atomic E-state index is -0.553. The van der Waals surface area contributed by atoms with Gasteiger partial charge in [-0.25, -0.2) is 0 Å². The van der Waals surface area contributed by atoms with Gasteiger partial charge in [0.1, 0.15) is 11.2 Å². The third-order valence-corrected chi connectivity index (χ3v) is 11.5. The van der Waals surface area contributed by atoms with Gasteiger partial charge in [0.25, 0.3) is 0 Å². The first kappa shape index (κ1) is 26.1. The van der Waals surface area contributed by atoms with Crippen LogP contribution in [0.25, 0.3) is 98.4 Å². The van der Waals surface area contributed by atoms with E-state index in [1.807, 2.05) is 60.7 Å². The van der Waals surface area contributed by atoms with Gasteiger partial charge in [-0.1, -0.05) is 170 Å². The quantitative estimate of drug-likeness (QED) is 0.157. The van der Waals surface area contributed by atoms with E-state index in [-0.39, 0.29) is 39.2 Å². The first-order valence-corrected chi connectivity index (χ1v) is 19.8. The molecular formula is C58H37NO. The molecule has 0 N–H and O–H groups in total. The topological polar surface area (TPSA) is 16.4 Å². The number of rotatable bonds is 6. The first-order chi connectivity index (χ1) is 33.5. The van der Waals surface area contributed by atoms with E-state index in [1.54, 1.807) is 12.1 Å². The Balaban J connectivity index is 1.10. The van der Waals surface area contributed by atoms with Crippen molar-refractivity contribution in [3.8, 4) is 33.4 Å². The van der Waals surface area contributed by atoms with E-state index in [2.05, 4.69) is 102 Å². The van der Waals surface area contributed by atoms with Crippen molar-refractivity contribution in [2.45, 2.75) is 0 Å². The molecule has 0 fully saturated rings. The maximum Gasteiger partial charge on any atom is 0.143 e. The maximum absolute atomic E-state index is 9.59. The van der Waals surface area contributed by atoms with Gasteiger partial charge in [0.2, 0.25) is 0 Å². The van der Waals surface area contributed by atoms with E-state index < -0.39 is 42.3 Å². The smallest absolute Gasteiger partial charge is 0.143 e. The summed E-state index contributed by atoms with van der Waals surface area (Å²) in [6.45, 7) is 0. The van der Waals surface area contributed by atoms with Crippen molar-refractivity contribution < 1.29 is 16.8 Å². The van der Waals surface area contributed by atoms with E-state index in [0.29, 0.717) is 5.56 Å². The van der Waals surface area contributed by atoms with Crippen LogP contribution in [0.15, 0.2) is 229 Å². The van der Waals surface area contributed by atoms with Crippen molar-refractivity contribution in [1.29, 1.82) is 0 Å². The summed E-state index contributed by atoms with van der Waals surface area (Å²) in [6, 6.07) is 53.5. The van der Waals surface area contributed by atoms with Gasteiger partial charge in [-0.15, -0.1) is 0 Å². The van der Waals surface area contributed by atoms with Crippen molar-refractivity contribution >= 4 is 82.1 Å². The Morgan fingerprint density at radius 3 is 1.90 bits per heavy atom. The van der Waals surface area contributed by atoms with Crippen LogP contribution in [0, 0.1) is 0 Å². The molecule has 12 aromatic rings. The van der Waals surface area contributed by atoms with E-state index in [4.69, 9.17) is 14.0 Å². The SMILES string of the molecule is [2H]c1c([2H])c([2H])c2c(c1[2H])c([2H])c([2H])c1c([2H])c([2H])c(-c3ccc(N(c4cc(-c5ccccc5)cc(-c5cccc6c5oc5ccccc56)c4)c4ccc5ccc6ccccc6c5c4)cc3)c([2H])c12. The summed E-state index contributed by atoms with van der Waals surface area (Å²) >= 11 is 0. The number of hydrogen-bond donors (Lipinski definition) is 0. The standard InChI is InChI=1S/C58H37NO/c1-2-11-38(12-3-1)45-33-46(52-18-10-19-54-53-17-8-9-20-57(53)60-58(52)54)35-49(34-45)59(48-32-29-43-24-22-41-14-5-7-16-51(41)56(43)37-48)47-30-27-39(28-31-47)44-26-25-42-23-21-40-13-4-6-15-50(40)55(42)36-44/h1-37H/i4D,6D,13D,15D,21D,23D,25D,26D,36D. The minimum absolute atomic E-state index is 0.0622.